The third-order valence-corrected chi connectivity index (χ3v) is 2.92. The van der Waals surface area contributed by atoms with Crippen molar-refractivity contribution in [3.63, 3.8) is 0 Å². The van der Waals surface area contributed by atoms with Crippen LogP contribution < -0.4 is 4.90 Å². The molecule has 1 N–H and O–H groups in total. The second kappa shape index (κ2) is 7.93. The van der Waals surface area contributed by atoms with Gasteiger partial charge < -0.3 is 14.7 Å². The van der Waals surface area contributed by atoms with Crippen molar-refractivity contribution in [2.24, 2.45) is 0 Å². The largest absolute Gasteiger partial charge is 0.392 e. The molecule has 0 unspecified atom stereocenters. The highest BCUT2D eigenvalue weighted by Gasteiger charge is 2.14. The number of nitrogens with zero attached hydrogens (tertiary/aromatic N) is 2. The summed E-state index contributed by atoms with van der Waals surface area (Å²) in [5, 5.41) is 18.6. The number of rotatable bonds is 7. The molecular formula is C13H17ClN2O2. The minimum Gasteiger partial charge on any atom is -0.392 e. The van der Waals surface area contributed by atoms with Crippen LogP contribution in [0.25, 0.3) is 0 Å². The highest BCUT2D eigenvalue weighted by atomic mass is 35.5. The zero-order valence-corrected chi connectivity index (χ0v) is 11.2. The first-order chi connectivity index (χ1) is 8.74. The predicted molar refractivity (Wildman–Crippen MR) is 71.7 cm³/mol. The molecular weight excluding hydrogens is 252 g/mol. The molecule has 0 atom stereocenters. The molecule has 18 heavy (non-hydrogen) atoms. The van der Waals surface area contributed by atoms with E-state index in [0.29, 0.717) is 31.1 Å². The van der Waals surface area contributed by atoms with E-state index >= 15 is 0 Å². The zero-order valence-electron chi connectivity index (χ0n) is 10.4. The Balaban J connectivity index is 2.99. The number of hydrogen-bond acceptors (Lipinski definition) is 4. The molecule has 0 spiro atoms. The summed E-state index contributed by atoms with van der Waals surface area (Å²) in [6.07, 6.45) is 0.403. The van der Waals surface area contributed by atoms with Crippen molar-refractivity contribution in [2.75, 3.05) is 31.7 Å². The van der Waals surface area contributed by atoms with E-state index in [4.69, 9.17) is 21.6 Å². The van der Waals surface area contributed by atoms with Gasteiger partial charge >= 0.3 is 0 Å². The third kappa shape index (κ3) is 3.88. The molecule has 0 aromatic heterocycles. The molecule has 4 nitrogen and oxygen atoms in total. The molecule has 0 aliphatic heterocycles. The van der Waals surface area contributed by atoms with Crippen LogP contribution in [0.5, 0.6) is 0 Å². The maximum atomic E-state index is 9.36. The van der Waals surface area contributed by atoms with Crippen molar-refractivity contribution in [1.29, 1.82) is 5.26 Å². The van der Waals surface area contributed by atoms with Gasteiger partial charge in [0.15, 0.2) is 0 Å². The van der Waals surface area contributed by atoms with Crippen LogP contribution in [0.3, 0.4) is 0 Å². The first-order valence-electron chi connectivity index (χ1n) is 5.73. The topological polar surface area (TPSA) is 56.5 Å². The van der Waals surface area contributed by atoms with E-state index in [0.717, 1.165) is 11.3 Å². The Morgan fingerprint density at radius 3 is 2.83 bits per heavy atom. The zero-order chi connectivity index (χ0) is 13.4. The normalized spacial score (nSPS) is 10.1. The Labute approximate surface area is 112 Å². The number of halogens is 1. The van der Waals surface area contributed by atoms with Gasteiger partial charge in [-0.25, -0.2) is 0 Å². The van der Waals surface area contributed by atoms with E-state index in [2.05, 4.69) is 6.07 Å². The Bertz CT molecular complexity index is 418. The second-order valence-electron chi connectivity index (χ2n) is 3.79. The van der Waals surface area contributed by atoms with Crippen LogP contribution in [0.2, 0.25) is 5.02 Å². The Hall–Kier alpha value is -1.28. The molecule has 5 heteroatoms. The van der Waals surface area contributed by atoms with E-state index in [-0.39, 0.29) is 6.61 Å². The molecule has 0 bridgehead atoms. The minimum atomic E-state index is -0.0775. The van der Waals surface area contributed by atoms with Crippen molar-refractivity contribution in [2.45, 2.75) is 13.0 Å². The van der Waals surface area contributed by atoms with Gasteiger partial charge in [-0.05, 0) is 6.07 Å². The van der Waals surface area contributed by atoms with E-state index in [9.17, 15) is 5.11 Å². The molecule has 0 radical (unpaired) electrons. The number of anilines is 1. The monoisotopic (exact) mass is 268 g/mol. The lowest BCUT2D eigenvalue weighted by Gasteiger charge is -2.26. The molecule has 0 aliphatic carbocycles. The molecule has 0 heterocycles. The number of benzene rings is 1. The van der Waals surface area contributed by atoms with Crippen molar-refractivity contribution >= 4 is 17.3 Å². The van der Waals surface area contributed by atoms with Gasteiger partial charge in [-0.15, -0.1) is 0 Å². The standard InChI is InChI=1S/C13H17ClN2O2/c1-18-9-8-16(7-3-6-15)13-11(10-17)4-2-5-12(13)14/h2,4-5,17H,3,7-10H2,1H3. The van der Waals surface area contributed by atoms with Gasteiger partial charge in [-0.2, -0.15) is 5.26 Å². The minimum absolute atomic E-state index is 0.0775. The first kappa shape index (κ1) is 14.8. The SMILES string of the molecule is COCCN(CCC#N)c1c(Cl)cccc1CO. The van der Waals surface area contributed by atoms with Gasteiger partial charge in [0.25, 0.3) is 0 Å². The fourth-order valence-electron chi connectivity index (χ4n) is 1.76. The number of nitriles is 1. The summed E-state index contributed by atoms with van der Waals surface area (Å²) < 4.78 is 5.06. The molecule has 0 fully saturated rings. The Kier molecular flexibility index (Phi) is 6.51. The maximum absolute atomic E-state index is 9.36. The lowest BCUT2D eigenvalue weighted by atomic mass is 10.1. The third-order valence-electron chi connectivity index (χ3n) is 2.62. The average Bonchev–Trinajstić information content (AvgIpc) is 2.39. The molecule has 1 rings (SSSR count). The number of methoxy groups -OCH3 is 1. The van der Waals surface area contributed by atoms with Gasteiger partial charge in [0.1, 0.15) is 0 Å². The number of ether oxygens (including phenoxy) is 1. The highest BCUT2D eigenvalue weighted by Crippen LogP contribution is 2.30. The summed E-state index contributed by atoms with van der Waals surface area (Å²) in [7, 11) is 1.63. The van der Waals surface area contributed by atoms with E-state index in [1.807, 2.05) is 11.0 Å². The predicted octanol–water partition coefficient (Wildman–Crippen LogP) is 2.20. The van der Waals surface area contributed by atoms with Gasteiger partial charge in [0.05, 0.1) is 36.4 Å². The number of aliphatic hydroxyl groups is 1. The van der Waals surface area contributed by atoms with Crippen molar-refractivity contribution in [3.05, 3.63) is 28.8 Å². The molecule has 1 aromatic rings. The van der Waals surface area contributed by atoms with Crippen LogP contribution in [0.1, 0.15) is 12.0 Å². The number of hydrogen-bond donors (Lipinski definition) is 1. The van der Waals surface area contributed by atoms with Crippen LogP contribution in [-0.4, -0.2) is 31.9 Å². The van der Waals surface area contributed by atoms with Crippen LogP contribution in [-0.2, 0) is 11.3 Å². The number of aliphatic hydroxyl groups excluding tert-OH is 1. The summed E-state index contributed by atoms with van der Waals surface area (Å²) >= 11 is 6.18. The van der Waals surface area contributed by atoms with Crippen molar-refractivity contribution < 1.29 is 9.84 Å². The van der Waals surface area contributed by atoms with Gasteiger partial charge in [-0.1, -0.05) is 23.7 Å². The summed E-state index contributed by atoms with van der Waals surface area (Å²) in [4.78, 5) is 1.97. The van der Waals surface area contributed by atoms with E-state index < -0.39 is 0 Å². The molecule has 0 aliphatic rings. The molecule has 0 amide bonds. The quantitative estimate of drug-likeness (QED) is 0.824. The second-order valence-corrected chi connectivity index (χ2v) is 4.20. The fourth-order valence-corrected chi connectivity index (χ4v) is 2.08. The number of para-hydroxylation sites is 1. The van der Waals surface area contributed by atoms with Crippen LogP contribution in [0.4, 0.5) is 5.69 Å². The van der Waals surface area contributed by atoms with Crippen molar-refractivity contribution in [3.8, 4) is 6.07 Å². The molecule has 1 aromatic carbocycles. The molecule has 98 valence electrons. The highest BCUT2D eigenvalue weighted by molar-refractivity contribution is 6.33. The average molecular weight is 269 g/mol. The van der Waals surface area contributed by atoms with Crippen LogP contribution >= 0.6 is 11.6 Å². The maximum Gasteiger partial charge on any atom is 0.0702 e. The van der Waals surface area contributed by atoms with E-state index in [1.165, 1.54) is 0 Å². The lowest BCUT2D eigenvalue weighted by molar-refractivity contribution is 0.205. The Morgan fingerprint density at radius 1 is 1.44 bits per heavy atom. The van der Waals surface area contributed by atoms with Gasteiger partial charge in [-0.3, -0.25) is 0 Å². The first-order valence-corrected chi connectivity index (χ1v) is 6.11. The Morgan fingerprint density at radius 2 is 2.22 bits per heavy atom. The van der Waals surface area contributed by atoms with Crippen LogP contribution in [0.15, 0.2) is 18.2 Å². The van der Waals surface area contributed by atoms with Gasteiger partial charge in [0.2, 0.25) is 0 Å². The lowest BCUT2D eigenvalue weighted by Crippen LogP contribution is -2.29. The fraction of sp³-hybridized carbons (Fsp3) is 0.462. The summed E-state index contributed by atoms with van der Waals surface area (Å²) in [6, 6.07) is 7.52. The molecule has 0 saturated carbocycles. The van der Waals surface area contributed by atoms with E-state index in [1.54, 1.807) is 19.2 Å². The molecule has 0 saturated heterocycles. The summed E-state index contributed by atoms with van der Waals surface area (Å²) in [5.41, 5.74) is 1.55. The van der Waals surface area contributed by atoms with Crippen LogP contribution in [0, 0.1) is 11.3 Å². The van der Waals surface area contributed by atoms with Gasteiger partial charge in [0, 0.05) is 25.8 Å². The summed E-state index contributed by atoms with van der Waals surface area (Å²) in [5.74, 6) is 0. The summed E-state index contributed by atoms with van der Waals surface area (Å²) in [6.45, 7) is 1.67. The van der Waals surface area contributed by atoms with Crippen molar-refractivity contribution in [1.82, 2.24) is 0 Å². The smallest absolute Gasteiger partial charge is 0.0702 e.